The molecule has 0 bridgehead atoms. The van der Waals surface area contributed by atoms with Crippen LogP contribution < -0.4 is 17.2 Å². The van der Waals surface area contributed by atoms with Crippen molar-refractivity contribution in [3.8, 4) is 0 Å². The number of carboxylic acid groups (broad SMARTS) is 3. The van der Waals surface area contributed by atoms with Gasteiger partial charge in [-0.05, 0) is 20.8 Å². The third kappa shape index (κ3) is 31.9. The van der Waals surface area contributed by atoms with Gasteiger partial charge in [-0.1, -0.05) is 0 Å². The number of nitrogens with two attached hydrogens (primary N) is 3. The van der Waals surface area contributed by atoms with Crippen LogP contribution in [0.5, 0.6) is 0 Å². The van der Waals surface area contributed by atoms with Crippen LogP contribution in [0, 0.1) is 0 Å². The van der Waals surface area contributed by atoms with Crippen LogP contribution in [0.1, 0.15) is 33.6 Å². The fourth-order valence-corrected chi connectivity index (χ4v) is 0.714. The zero-order valence-electron chi connectivity index (χ0n) is 17.1. The lowest BCUT2D eigenvalue weighted by Gasteiger charge is -2.18. The Labute approximate surface area is 164 Å². The third-order valence-electron chi connectivity index (χ3n) is 2.40. The molecule has 0 saturated heterocycles. The number of aliphatic carboxylic acids is 3. The van der Waals surface area contributed by atoms with Gasteiger partial charge < -0.3 is 51.8 Å². The van der Waals surface area contributed by atoms with Crippen LogP contribution in [0.3, 0.4) is 0 Å². The van der Waals surface area contributed by atoms with Gasteiger partial charge in [0.2, 0.25) is 0 Å². The molecule has 0 aromatic carbocycles. The van der Waals surface area contributed by atoms with Gasteiger partial charge in [0.25, 0.3) is 0 Å². The zero-order valence-corrected chi connectivity index (χ0v) is 17.1. The number of carboxylic acids is 3. The number of methoxy groups -OCH3 is 3. The topological polar surface area (TPSA) is 238 Å². The molecule has 0 aliphatic carbocycles. The number of rotatable bonds is 8. The summed E-state index contributed by atoms with van der Waals surface area (Å²) in [5, 5.41) is 33.8. The van der Waals surface area contributed by atoms with Crippen LogP contribution in [-0.2, 0) is 28.6 Å². The van der Waals surface area contributed by atoms with Gasteiger partial charge in [0.15, 0.2) is 5.60 Å². The Morgan fingerprint density at radius 3 is 1.00 bits per heavy atom. The summed E-state index contributed by atoms with van der Waals surface area (Å²) < 4.78 is 13.6. The van der Waals surface area contributed by atoms with Crippen LogP contribution in [0.4, 0.5) is 0 Å². The van der Waals surface area contributed by atoms with Gasteiger partial charge in [-0.2, -0.15) is 0 Å². The highest BCUT2D eigenvalue weighted by Gasteiger charge is 2.40. The molecule has 0 fully saturated rings. The summed E-state index contributed by atoms with van der Waals surface area (Å²) >= 11 is 0. The monoisotopic (exact) mass is 417 g/mol. The van der Waals surface area contributed by atoms with E-state index in [9.17, 15) is 14.4 Å². The Morgan fingerprint density at radius 1 is 0.750 bits per heavy atom. The van der Waals surface area contributed by atoms with Gasteiger partial charge in [-0.25, -0.2) is 4.79 Å². The van der Waals surface area contributed by atoms with E-state index in [1.807, 2.05) is 0 Å². The smallest absolute Gasteiger partial charge is 0.336 e. The maximum atomic E-state index is 10.3. The number of hydrogen-bond acceptors (Lipinski definition) is 10. The lowest BCUT2D eigenvalue weighted by molar-refractivity contribution is -0.170. The number of aliphatic hydroxyl groups is 1. The molecule has 0 aromatic rings. The molecule has 0 aromatic heterocycles. The minimum Gasteiger partial charge on any atom is -0.481 e. The summed E-state index contributed by atoms with van der Waals surface area (Å²) in [7, 11) is 4.72. The van der Waals surface area contributed by atoms with Crippen molar-refractivity contribution in [3.63, 3.8) is 0 Å². The lowest BCUT2D eigenvalue weighted by Crippen LogP contribution is -2.42. The van der Waals surface area contributed by atoms with Gasteiger partial charge in [-0.15, -0.1) is 0 Å². The average Bonchev–Trinajstić information content (AvgIpc) is 2.54. The second-order valence-corrected chi connectivity index (χ2v) is 5.30. The second-order valence-electron chi connectivity index (χ2n) is 5.30. The minimum atomic E-state index is -2.74. The molecule has 0 heterocycles. The normalized spacial score (nSPS) is 13.1. The summed E-state index contributed by atoms with van der Waals surface area (Å²) in [6, 6.07) is 0. The highest BCUT2D eigenvalue weighted by atomic mass is 16.5. The van der Waals surface area contributed by atoms with Gasteiger partial charge in [0.1, 0.15) is 18.7 Å². The van der Waals surface area contributed by atoms with Crippen molar-refractivity contribution in [2.75, 3.05) is 21.3 Å². The van der Waals surface area contributed by atoms with E-state index in [1.54, 1.807) is 42.1 Å². The van der Waals surface area contributed by atoms with Crippen LogP contribution in [0.15, 0.2) is 0 Å². The molecule has 13 heteroatoms. The Morgan fingerprint density at radius 2 is 0.929 bits per heavy atom. The largest absolute Gasteiger partial charge is 0.481 e. The molecule has 28 heavy (non-hydrogen) atoms. The SMILES string of the molecule is COC(C)N.COC(C)N.COC(C)N.O=C(O)CC(O)(CC(=O)O)C(=O)O. The molecule has 0 radical (unpaired) electrons. The first-order valence-electron chi connectivity index (χ1n) is 7.83. The van der Waals surface area contributed by atoms with Crippen molar-refractivity contribution in [2.45, 2.75) is 57.9 Å². The molecule has 0 aliphatic rings. The van der Waals surface area contributed by atoms with Crippen LogP contribution in [0.25, 0.3) is 0 Å². The molecule has 3 atom stereocenters. The van der Waals surface area contributed by atoms with Gasteiger partial charge in [0, 0.05) is 21.3 Å². The summed E-state index contributed by atoms with van der Waals surface area (Å²) in [6.07, 6.45) is -2.64. The zero-order chi connectivity index (χ0) is 23.5. The fourth-order valence-electron chi connectivity index (χ4n) is 0.714. The fraction of sp³-hybridized carbons (Fsp3) is 0.800. The molecule has 3 unspecified atom stereocenters. The number of hydrogen-bond donors (Lipinski definition) is 7. The number of carbonyl (C=O) groups is 3. The third-order valence-corrected chi connectivity index (χ3v) is 2.40. The van der Waals surface area contributed by atoms with E-state index in [0.717, 1.165) is 0 Å². The maximum absolute atomic E-state index is 10.3. The van der Waals surface area contributed by atoms with Crippen LogP contribution >= 0.6 is 0 Å². The van der Waals surface area contributed by atoms with Crippen molar-refractivity contribution >= 4 is 17.9 Å². The first kappa shape index (κ1) is 33.7. The van der Waals surface area contributed by atoms with Gasteiger partial charge >= 0.3 is 17.9 Å². The summed E-state index contributed by atoms with van der Waals surface area (Å²) in [5.74, 6) is -5.02. The van der Waals surface area contributed by atoms with E-state index < -0.39 is 36.4 Å². The number of ether oxygens (including phenoxy) is 3. The quantitative estimate of drug-likeness (QED) is 0.224. The lowest BCUT2D eigenvalue weighted by atomic mass is 9.96. The second kappa shape index (κ2) is 19.9. The van der Waals surface area contributed by atoms with Crippen LogP contribution in [-0.4, -0.2) is 83.9 Å². The Hall–Kier alpha value is -1.87. The Balaban J connectivity index is -0.000000159. The molecule has 0 rings (SSSR count). The minimum absolute atomic E-state index is 0.116. The first-order chi connectivity index (χ1) is 12.6. The molecule has 13 nitrogen and oxygen atoms in total. The van der Waals surface area contributed by atoms with E-state index in [0.29, 0.717) is 0 Å². The van der Waals surface area contributed by atoms with Crippen molar-refractivity contribution in [1.82, 2.24) is 0 Å². The van der Waals surface area contributed by atoms with Crippen molar-refractivity contribution in [2.24, 2.45) is 17.2 Å². The Bertz CT molecular complexity index is 382. The standard InChI is InChI=1S/C6H8O7.3C3H9NO/c7-3(8)1-6(13,5(11)12)2-4(9)10;3*1-3(4)5-2/h13H,1-2H2,(H,7,8)(H,9,10)(H,11,12);3*3H,4H2,1-2H3. The molecule has 0 aliphatic heterocycles. The molecule has 10 N–H and O–H groups in total. The first-order valence-corrected chi connectivity index (χ1v) is 7.83. The average molecular weight is 417 g/mol. The van der Waals surface area contributed by atoms with E-state index >= 15 is 0 Å². The Kier molecular flexibility index (Phi) is 23.9. The summed E-state index contributed by atoms with van der Waals surface area (Å²) in [5.41, 5.74) is 12.5. The molecule has 0 amide bonds. The van der Waals surface area contributed by atoms with Crippen molar-refractivity contribution < 1.29 is 49.0 Å². The van der Waals surface area contributed by atoms with Crippen molar-refractivity contribution in [1.29, 1.82) is 0 Å². The van der Waals surface area contributed by atoms with Crippen molar-refractivity contribution in [3.05, 3.63) is 0 Å². The van der Waals surface area contributed by atoms with E-state index in [4.69, 9.17) is 37.6 Å². The predicted octanol–water partition coefficient (Wildman–Crippen LogP) is -1.44. The molecule has 0 saturated carbocycles. The highest BCUT2D eigenvalue weighted by Crippen LogP contribution is 2.15. The van der Waals surface area contributed by atoms with E-state index in [-0.39, 0.29) is 18.7 Å². The van der Waals surface area contributed by atoms with Gasteiger partial charge in [-0.3, -0.25) is 9.59 Å². The molecule has 0 spiro atoms. The highest BCUT2D eigenvalue weighted by molar-refractivity contribution is 5.88. The molecular formula is C15H35N3O10. The maximum Gasteiger partial charge on any atom is 0.336 e. The predicted molar refractivity (Wildman–Crippen MR) is 99.1 cm³/mol. The molecular weight excluding hydrogens is 382 g/mol. The molecule has 170 valence electrons. The van der Waals surface area contributed by atoms with Crippen LogP contribution in [0.2, 0.25) is 0 Å². The van der Waals surface area contributed by atoms with E-state index in [2.05, 4.69) is 14.2 Å². The van der Waals surface area contributed by atoms with Gasteiger partial charge in [0.05, 0.1) is 12.8 Å². The summed E-state index contributed by atoms with van der Waals surface area (Å²) in [6.45, 7) is 5.33. The van der Waals surface area contributed by atoms with E-state index in [1.165, 1.54) is 0 Å². The summed E-state index contributed by atoms with van der Waals surface area (Å²) in [4.78, 5) is 30.5.